The molecule has 1 saturated heterocycles. The van der Waals surface area contributed by atoms with Gasteiger partial charge in [-0.1, -0.05) is 24.4 Å². The number of terminal acetylenes is 1. The van der Waals surface area contributed by atoms with Crippen LogP contribution in [0.25, 0.3) is 22.3 Å². The molecule has 0 spiro atoms. The first-order chi connectivity index (χ1) is 19.4. The van der Waals surface area contributed by atoms with Crippen molar-refractivity contribution in [2.75, 3.05) is 37.7 Å². The lowest BCUT2D eigenvalue weighted by molar-refractivity contribution is 0.0964. The standard InChI is InChI=1S/C18H17FN2O2S.C11H14FNS.C2H2/c1-20-18(22)16-14-9-8-13(21(2)24-3)10-15(14)23-17(16)11-4-6-12(19)7-5-11;12-10-5-4-6-11(9-10)14-13-7-2-1-3-8-13;1-2/h4-10H,1-3H3,(H,20,22);4-6,9H,1-3,7-8H2;1-2H. The zero-order valence-electron chi connectivity index (χ0n) is 22.8. The molecule has 5 nitrogen and oxygen atoms in total. The molecule has 1 amide bonds. The van der Waals surface area contributed by atoms with E-state index in [1.807, 2.05) is 41.9 Å². The Hall–Kier alpha value is -3.45. The lowest BCUT2D eigenvalue weighted by Gasteiger charge is -2.24. The van der Waals surface area contributed by atoms with Gasteiger partial charge in [0, 0.05) is 55.4 Å². The van der Waals surface area contributed by atoms with Crippen LogP contribution in [0.2, 0.25) is 0 Å². The summed E-state index contributed by atoms with van der Waals surface area (Å²) >= 11 is 3.25. The summed E-state index contributed by atoms with van der Waals surface area (Å²) in [5.74, 6) is -0.278. The monoisotopic (exact) mass is 581 g/mol. The predicted molar refractivity (Wildman–Crippen MR) is 164 cm³/mol. The van der Waals surface area contributed by atoms with Crippen LogP contribution < -0.4 is 9.62 Å². The summed E-state index contributed by atoms with van der Waals surface area (Å²) in [7, 11) is 3.53. The molecule has 3 aromatic carbocycles. The average Bonchev–Trinajstić information content (AvgIpc) is 3.37. The summed E-state index contributed by atoms with van der Waals surface area (Å²) in [6, 6.07) is 18.4. The molecule has 1 aliphatic rings. The van der Waals surface area contributed by atoms with Crippen molar-refractivity contribution in [1.82, 2.24) is 9.62 Å². The quantitative estimate of drug-likeness (QED) is 0.185. The Bertz CT molecular complexity index is 1420. The van der Waals surface area contributed by atoms with Crippen molar-refractivity contribution < 1.29 is 18.0 Å². The van der Waals surface area contributed by atoms with Crippen LogP contribution in [0.4, 0.5) is 14.5 Å². The van der Waals surface area contributed by atoms with Gasteiger partial charge < -0.3 is 14.0 Å². The maximum atomic E-state index is 13.2. The van der Waals surface area contributed by atoms with E-state index in [9.17, 15) is 13.6 Å². The van der Waals surface area contributed by atoms with Crippen LogP contribution in [-0.4, -0.2) is 43.7 Å². The first-order valence-electron chi connectivity index (χ1n) is 12.7. The fourth-order valence-electron chi connectivity index (χ4n) is 4.17. The van der Waals surface area contributed by atoms with Gasteiger partial charge in [0.05, 0.1) is 11.3 Å². The van der Waals surface area contributed by atoms with E-state index in [0.717, 1.165) is 29.1 Å². The van der Waals surface area contributed by atoms with Gasteiger partial charge in [0.1, 0.15) is 23.0 Å². The molecule has 0 aliphatic carbocycles. The number of furan rings is 1. The summed E-state index contributed by atoms with van der Waals surface area (Å²) in [6.07, 6.45) is 13.8. The number of nitrogens with zero attached hydrogens (tertiary/aromatic N) is 2. The van der Waals surface area contributed by atoms with Crippen molar-refractivity contribution in [2.45, 2.75) is 24.2 Å². The molecule has 1 aromatic heterocycles. The predicted octanol–water partition coefficient (Wildman–Crippen LogP) is 7.88. The van der Waals surface area contributed by atoms with E-state index in [0.29, 0.717) is 22.5 Å². The van der Waals surface area contributed by atoms with E-state index in [1.165, 1.54) is 37.5 Å². The third-order valence-electron chi connectivity index (χ3n) is 6.22. The van der Waals surface area contributed by atoms with Gasteiger partial charge in [-0.05, 0) is 79.4 Å². The largest absolute Gasteiger partial charge is 0.455 e. The van der Waals surface area contributed by atoms with Gasteiger partial charge in [0.15, 0.2) is 0 Å². The van der Waals surface area contributed by atoms with E-state index in [4.69, 9.17) is 4.42 Å². The molecule has 1 N–H and O–H groups in total. The second-order valence-electron chi connectivity index (χ2n) is 8.79. The highest BCUT2D eigenvalue weighted by atomic mass is 32.2. The Labute approximate surface area is 243 Å². The van der Waals surface area contributed by atoms with E-state index < -0.39 is 0 Å². The normalized spacial score (nSPS) is 13.0. The van der Waals surface area contributed by atoms with Gasteiger partial charge in [0.25, 0.3) is 5.91 Å². The molecule has 5 rings (SSSR count). The molecule has 9 heteroatoms. The molecule has 40 heavy (non-hydrogen) atoms. The van der Waals surface area contributed by atoms with E-state index in [1.54, 1.807) is 55.2 Å². The van der Waals surface area contributed by atoms with E-state index in [2.05, 4.69) is 22.5 Å². The van der Waals surface area contributed by atoms with Crippen molar-refractivity contribution in [3.63, 3.8) is 0 Å². The molecular formula is C31H33F2N3O2S2. The van der Waals surface area contributed by atoms with Crippen LogP contribution in [0.15, 0.2) is 76.0 Å². The summed E-state index contributed by atoms with van der Waals surface area (Å²) in [5.41, 5.74) is 2.70. The second-order valence-corrected chi connectivity index (χ2v) is 10.9. The lowest BCUT2D eigenvalue weighted by atomic mass is 10.0. The van der Waals surface area contributed by atoms with Gasteiger partial charge in [-0.3, -0.25) is 4.79 Å². The van der Waals surface area contributed by atoms with E-state index >= 15 is 0 Å². The van der Waals surface area contributed by atoms with Crippen molar-refractivity contribution in [3.8, 4) is 24.2 Å². The number of anilines is 1. The van der Waals surface area contributed by atoms with Crippen molar-refractivity contribution in [3.05, 3.63) is 83.9 Å². The smallest absolute Gasteiger partial charge is 0.255 e. The number of fused-ring (bicyclic) bond motifs is 1. The Balaban J connectivity index is 0.000000234. The Morgan fingerprint density at radius 3 is 2.30 bits per heavy atom. The van der Waals surface area contributed by atoms with Gasteiger partial charge >= 0.3 is 0 Å². The molecular weight excluding hydrogens is 548 g/mol. The highest BCUT2D eigenvalue weighted by Gasteiger charge is 2.22. The van der Waals surface area contributed by atoms with Gasteiger partial charge in [0.2, 0.25) is 0 Å². The first kappa shape index (κ1) is 31.1. The molecule has 2 heterocycles. The van der Waals surface area contributed by atoms with Crippen molar-refractivity contribution >= 4 is 46.5 Å². The molecule has 4 aromatic rings. The summed E-state index contributed by atoms with van der Waals surface area (Å²) < 4.78 is 36.4. The number of carbonyl (C=O) groups excluding carboxylic acids is 1. The fourth-order valence-corrected chi connectivity index (χ4v) is 5.54. The fraction of sp³-hybridized carbons (Fsp3) is 0.258. The Kier molecular flexibility index (Phi) is 11.9. The topological polar surface area (TPSA) is 48.7 Å². The SMILES string of the molecule is C#C.CNC(=O)c1c(-c2ccc(F)cc2)oc2cc(N(C)SC)ccc12.Fc1cccc(SN2CCCCC2)c1. The number of halogens is 2. The third kappa shape index (κ3) is 8.04. The number of nitrogens with one attached hydrogen (secondary N) is 1. The minimum absolute atomic E-state index is 0.146. The summed E-state index contributed by atoms with van der Waals surface area (Å²) in [6.45, 7) is 2.25. The molecule has 0 saturated carbocycles. The van der Waals surface area contributed by atoms with Crippen LogP contribution in [0.3, 0.4) is 0 Å². The van der Waals surface area contributed by atoms with Crippen molar-refractivity contribution in [1.29, 1.82) is 0 Å². The molecule has 0 radical (unpaired) electrons. The zero-order chi connectivity index (χ0) is 29.1. The van der Waals surface area contributed by atoms with E-state index in [-0.39, 0.29) is 17.5 Å². The van der Waals surface area contributed by atoms with Crippen LogP contribution in [-0.2, 0) is 0 Å². The number of hydrogen-bond acceptors (Lipinski definition) is 6. The average molecular weight is 582 g/mol. The second kappa shape index (κ2) is 15.4. The highest BCUT2D eigenvalue weighted by molar-refractivity contribution is 7.99. The number of amides is 1. The minimum Gasteiger partial charge on any atom is -0.455 e. The zero-order valence-corrected chi connectivity index (χ0v) is 24.5. The van der Waals surface area contributed by atoms with Gasteiger partial charge in [-0.15, -0.1) is 12.8 Å². The molecule has 0 bridgehead atoms. The molecule has 0 atom stereocenters. The third-order valence-corrected chi connectivity index (χ3v) is 8.06. The Morgan fingerprint density at radius 1 is 0.975 bits per heavy atom. The number of carbonyl (C=O) groups is 1. The molecule has 1 fully saturated rings. The lowest BCUT2D eigenvalue weighted by Crippen LogP contribution is -2.22. The van der Waals surface area contributed by atoms with Crippen molar-refractivity contribution in [2.24, 2.45) is 0 Å². The number of hydrogen-bond donors (Lipinski definition) is 1. The van der Waals surface area contributed by atoms with Crippen LogP contribution >= 0.6 is 23.9 Å². The maximum absolute atomic E-state index is 13.2. The number of rotatable bonds is 6. The van der Waals surface area contributed by atoms with Crippen LogP contribution in [0.5, 0.6) is 0 Å². The summed E-state index contributed by atoms with van der Waals surface area (Å²) in [4.78, 5) is 13.4. The van der Waals surface area contributed by atoms with Gasteiger partial charge in [-0.25, -0.2) is 13.1 Å². The number of benzene rings is 3. The Morgan fingerprint density at radius 2 is 1.68 bits per heavy atom. The number of piperidine rings is 1. The van der Waals surface area contributed by atoms with Crippen LogP contribution in [0, 0.1) is 24.5 Å². The first-order valence-corrected chi connectivity index (χ1v) is 14.7. The summed E-state index contributed by atoms with van der Waals surface area (Å²) in [5, 5.41) is 3.37. The molecule has 0 unspecified atom stereocenters. The minimum atomic E-state index is -0.333. The maximum Gasteiger partial charge on any atom is 0.255 e. The van der Waals surface area contributed by atoms with Gasteiger partial charge in [-0.2, -0.15) is 0 Å². The van der Waals surface area contributed by atoms with Crippen LogP contribution in [0.1, 0.15) is 29.6 Å². The molecule has 210 valence electrons. The highest BCUT2D eigenvalue weighted by Crippen LogP contribution is 2.36. The molecule has 1 aliphatic heterocycles.